The number of halogens is 1. The molecule has 0 radical (unpaired) electrons. The van der Waals surface area contributed by atoms with E-state index in [0.29, 0.717) is 23.1 Å². The van der Waals surface area contributed by atoms with Gasteiger partial charge in [-0.25, -0.2) is 19.2 Å². The van der Waals surface area contributed by atoms with Crippen molar-refractivity contribution in [3.63, 3.8) is 0 Å². The molecule has 1 saturated carbocycles. The summed E-state index contributed by atoms with van der Waals surface area (Å²) in [6.07, 6.45) is 5.56. The number of benzene rings is 1. The molecule has 0 bridgehead atoms. The van der Waals surface area contributed by atoms with Gasteiger partial charge >= 0.3 is 5.97 Å². The van der Waals surface area contributed by atoms with Gasteiger partial charge in [-0.05, 0) is 43.2 Å². The number of aromatic hydroxyl groups is 1. The van der Waals surface area contributed by atoms with E-state index in [2.05, 4.69) is 19.9 Å². The Hall–Kier alpha value is -3.29. The maximum atomic E-state index is 13.4. The van der Waals surface area contributed by atoms with E-state index in [9.17, 15) is 19.4 Å². The van der Waals surface area contributed by atoms with Crippen LogP contribution in [-0.4, -0.2) is 44.2 Å². The van der Waals surface area contributed by atoms with Gasteiger partial charge in [0.25, 0.3) is 0 Å². The molecule has 8 heteroatoms. The Balaban J connectivity index is 1.90. The molecule has 0 spiro atoms. The van der Waals surface area contributed by atoms with Gasteiger partial charge in [0.2, 0.25) is 5.88 Å². The van der Waals surface area contributed by atoms with E-state index in [4.69, 9.17) is 0 Å². The molecular weight excluding hydrogens is 375 g/mol. The lowest BCUT2D eigenvalue weighted by Crippen LogP contribution is -2.34. The minimum Gasteiger partial charge on any atom is -0.493 e. The fourth-order valence-electron chi connectivity index (χ4n) is 3.82. The number of rotatable bonds is 4. The van der Waals surface area contributed by atoms with E-state index in [-0.39, 0.29) is 22.5 Å². The highest BCUT2D eigenvalue weighted by Crippen LogP contribution is 2.33. The smallest absolute Gasteiger partial charge is 0.341 e. The number of nitrogens with zero attached hydrogens (tertiary/aromatic N) is 4. The molecule has 1 aliphatic rings. The zero-order chi connectivity index (χ0) is 20.5. The van der Waals surface area contributed by atoms with E-state index < -0.39 is 11.8 Å². The molecule has 1 aliphatic carbocycles. The summed E-state index contributed by atoms with van der Waals surface area (Å²) in [6.45, 7) is 0. The topological polar surface area (TPSA) is 99.4 Å². The number of hydrogen-bond donors (Lipinski definition) is 2. The fourth-order valence-corrected chi connectivity index (χ4v) is 3.82. The highest BCUT2D eigenvalue weighted by molar-refractivity contribution is 5.94. The number of anilines is 1. The van der Waals surface area contributed by atoms with Crippen LogP contribution in [0.1, 0.15) is 42.5 Å². The monoisotopic (exact) mass is 396 g/mol. The second-order valence-corrected chi connectivity index (χ2v) is 7.31. The van der Waals surface area contributed by atoms with Crippen LogP contribution in [0.25, 0.3) is 22.4 Å². The second-order valence-electron chi connectivity index (χ2n) is 7.31. The Bertz CT molecular complexity index is 1070. The molecule has 0 atom stereocenters. The van der Waals surface area contributed by atoms with Crippen molar-refractivity contribution in [1.82, 2.24) is 15.0 Å². The van der Waals surface area contributed by atoms with Gasteiger partial charge in [0.05, 0.1) is 0 Å². The Morgan fingerprint density at radius 2 is 1.79 bits per heavy atom. The first kappa shape index (κ1) is 19.0. The van der Waals surface area contributed by atoms with Gasteiger partial charge < -0.3 is 15.1 Å². The molecule has 0 unspecified atom stereocenters. The average Bonchev–Trinajstić information content (AvgIpc) is 2.73. The summed E-state index contributed by atoms with van der Waals surface area (Å²) in [5, 5.41) is 19.2. The molecule has 0 saturated heterocycles. The average molecular weight is 396 g/mol. The zero-order valence-electron chi connectivity index (χ0n) is 16.0. The number of pyridine rings is 1. The summed E-state index contributed by atoms with van der Waals surface area (Å²) >= 11 is 0. The second kappa shape index (κ2) is 7.62. The predicted octanol–water partition coefficient (Wildman–Crippen LogP) is 4.00. The van der Waals surface area contributed by atoms with E-state index in [0.717, 1.165) is 25.7 Å². The number of aromatic nitrogens is 3. The van der Waals surface area contributed by atoms with Crippen molar-refractivity contribution in [2.24, 2.45) is 0 Å². The third kappa shape index (κ3) is 3.70. The number of carboxylic acid groups (broad SMARTS) is 1. The maximum Gasteiger partial charge on any atom is 0.341 e. The molecule has 29 heavy (non-hydrogen) atoms. The van der Waals surface area contributed by atoms with Crippen LogP contribution < -0.4 is 4.90 Å². The number of aromatic carboxylic acids is 1. The summed E-state index contributed by atoms with van der Waals surface area (Å²) in [4.78, 5) is 26.6. The van der Waals surface area contributed by atoms with E-state index in [1.54, 1.807) is 12.1 Å². The number of carboxylic acids is 1. The van der Waals surface area contributed by atoms with Gasteiger partial charge in [-0.2, -0.15) is 4.98 Å². The van der Waals surface area contributed by atoms with Gasteiger partial charge in [-0.1, -0.05) is 19.3 Å². The third-order valence-electron chi connectivity index (χ3n) is 5.42. The highest BCUT2D eigenvalue weighted by Gasteiger charge is 2.24. The lowest BCUT2D eigenvalue weighted by atomic mass is 9.94. The van der Waals surface area contributed by atoms with Crippen molar-refractivity contribution in [3.8, 4) is 17.1 Å². The summed E-state index contributed by atoms with van der Waals surface area (Å²) in [7, 11) is 1.95. The Kier molecular flexibility index (Phi) is 5.00. The van der Waals surface area contributed by atoms with Crippen molar-refractivity contribution >= 4 is 23.0 Å². The quantitative estimate of drug-likeness (QED) is 0.687. The van der Waals surface area contributed by atoms with E-state index in [1.165, 1.54) is 24.6 Å². The van der Waals surface area contributed by atoms with Crippen LogP contribution in [0.2, 0.25) is 0 Å². The molecule has 2 N–H and O–H groups in total. The van der Waals surface area contributed by atoms with Crippen LogP contribution in [-0.2, 0) is 0 Å². The SMILES string of the molecule is CN(c1nc2cc(C(=O)O)c(O)nc2nc1-c1ccc(F)cc1)C1CCCCC1. The maximum absolute atomic E-state index is 13.4. The molecule has 0 aliphatic heterocycles. The van der Waals surface area contributed by atoms with Crippen LogP contribution >= 0.6 is 0 Å². The molecule has 1 fully saturated rings. The normalized spacial score (nSPS) is 14.8. The highest BCUT2D eigenvalue weighted by atomic mass is 19.1. The van der Waals surface area contributed by atoms with Crippen LogP contribution in [0.5, 0.6) is 5.88 Å². The van der Waals surface area contributed by atoms with Gasteiger partial charge in [0.15, 0.2) is 11.5 Å². The Morgan fingerprint density at radius 1 is 1.10 bits per heavy atom. The van der Waals surface area contributed by atoms with Crippen LogP contribution in [0, 0.1) is 5.82 Å². The van der Waals surface area contributed by atoms with Crippen LogP contribution in [0.4, 0.5) is 10.2 Å². The summed E-state index contributed by atoms with van der Waals surface area (Å²) in [5.74, 6) is -1.67. The molecule has 7 nitrogen and oxygen atoms in total. The standard InChI is InChI=1S/C21H21FN4O3/c1-26(14-5-3-2-4-6-14)19-17(12-7-9-13(22)10-8-12)24-18-16(23-19)11-15(21(28)29)20(27)25-18/h7-11,14H,2-6H2,1H3,(H,28,29)(H,24,25,27). The molecular formula is C21H21FN4O3. The molecule has 2 aromatic heterocycles. The Labute approximate surface area is 166 Å². The minimum atomic E-state index is -1.29. The summed E-state index contributed by atoms with van der Waals surface area (Å²) in [5.41, 5.74) is 1.27. The molecule has 0 amide bonds. The van der Waals surface area contributed by atoms with Gasteiger partial charge in [-0.3, -0.25) is 0 Å². The largest absolute Gasteiger partial charge is 0.493 e. The van der Waals surface area contributed by atoms with Crippen molar-refractivity contribution < 1.29 is 19.4 Å². The van der Waals surface area contributed by atoms with Crippen molar-refractivity contribution in [3.05, 3.63) is 41.7 Å². The lowest BCUT2D eigenvalue weighted by Gasteiger charge is -2.33. The molecule has 4 rings (SSSR count). The van der Waals surface area contributed by atoms with Crippen LogP contribution in [0.3, 0.4) is 0 Å². The predicted molar refractivity (Wildman–Crippen MR) is 107 cm³/mol. The first-order chi connectivity index (χ1) is 13.9. The van der Waals surface area contributed by atoms with Crippen molar-refractivity contribution in [2.45, 2.75) is 38.1 Å². The molecule has 2 heterocycles. The van der Waals surface area contributed by atoms with Crippen molar-refractivity contribution in [2.75, 3.05) is 11.9 Å². The minimum absolute atomic E-state index is 0.132. The molecule has 1 aromatic carbocycles. The molecule has 150 valence electrons. The third-order valence-corrected chi connectivity index (χ3v) is 5.42. The van der Waals surface area contributed by atoms with E-state index >= 15 is 0 Å². The summed E-state index contributed by atoms with van der Waals surface area (Å²) < 4.78 is 13.4. The van der Waals surface area contributed by atoms with E-state index in [1.807, 2.05) is 7.05 Å². The Morgan fingerprint density at radius 3 is 2.45 bits per heavy atom. The number of carbonyl (C=O) groups is 1. The first-order valence-corrected chi connectivity index (χ1v) is 9.58. The van der Waals surface area contributed by atoms with Crippen molar-refractivity contribution in [1.29, 1.82) is 0 Å². The molecule has 3 aromatic rings. The number of fused-ring (bicyclic) bond motifs is 1. The van der Waals surface area contributed by atoms with Gasteiger partial charge in [0.1, 0.15) is 22.6 Å². The number of hydrogen-bond acceptors (Lipinski definition) is 6. The zero-order valence-corrected chi connectivity index (χ0v) is 16.0. The fraction of sp³-hybridized carbons (Fsp3) is 0.333. The summed E-state index contributed by atoms with van der Waals surface area (Å²) in [6, 6.07) is 7.51. The van der Waals surface area contributed by atoms with Gasteiger partial charge in [0, 0.05) is 18.7 Å². The van der Waals surface area contributed by atoms with Crippen LogP contribution in [0.15, 0.2) is 30.3 Å². The first-order valence-electron chi connectivity index (χ1n) is 9.58. The van der Waals surface area contributed by atoms with Gasteiger partial charge in [-0.15, -0.1) is 0 Å². The lowest BCUT2D eigenvalue weighted by molar-refractivity contribution is 0.0693.